The topological polar surface area (TPSA) is 6.02 Å². The number of para-hydroxylation sites is 1. The standard InChI is InChI=1S/C17H14N2/c1-12-6-5-8-14-13-7-3-4-9-15(13)19-11-10-18(2)17(19)16(12)14/h3-9,17H,1-2H3/q+2. The Hall–Kier alpha value is -2.40. The maximum absolute atomic E-state index is 3.24. The molecule has 0 bridgehead atoms. The second-order valence-electron chi connectivity index (χ2n) is 5.13. The summed E-state index contributed by atoms with van der Waals surface area (Å²) in [6.07, 6.45) is 0.186. The first-order valence-electron chi connectivity index (χ1n) is 6.49. The molecule has 2 aliphatic rings. The van der Waals surface area contributed by atoms with Crippen LogP contribution in [0.25, 0.3) is 11.1 Å². The van der Waals surface area contributed by atoms with E-state index in [4.69, 9.17) is 0 Å². The Bertz CT molecular complexity index is 817. The van der Waals surface area contributed by atoms with Crippen molar-refractivity contribution in [3.05, 3.63) is 53.6 Å². The van der Waals surface area contributed by atoms with Crippen LogP contribution in [0.4, 0.5) is 5.69 Å². The highest BCUT2D eigenvalue weighted by atomic mass is 15.3. The van der Waals surface area contributed by atoms with Crippen LogP contribution in [0.1, 0.15) is 17.3 Å². The maximum atomic E-state index is 3.24. The summed E-state index contributed by atoms with van der Waals surface area (Å²) in [4.78, 5) is 0. The third-order valence-corrected chi connectivity index (χ3v) is 3.99. The normalized spacial score (nSPS) is 18.3. The second-order valence-corrected chi connectivity index (χ2v) is 5.13. The minimum Gasteiger partial charge on any atom is -0.112 e. The number of hydrogen-bond donors (Lipinski definition) is 0. The molecule has 1 unspecified atom stereocenters. The van der Waals surface area contributed by atoms with Gasteiger partial charge in [-0.25, -0.2) is 0 Å². The Morgan fingerprint density at radius 3 is 2.63 bits per heavy atom. The van der Waals surface area contributed by atoms with Crippen LogP contribution in [0.2, 0.25) is 0 Å². The van der Waals surface area contributed by atoms with E-state index >= 15 is 0 Å². The summed E-state index contributed by atoms with van der Waals surface area (Å²) in [6, 6.07) is 15.0. The highest BCUT2D eigenvalue weighted by Crippen LogP contribution is 2.44. The molecular formula is C17H14N2+2. The molecule has 0 radical (unpaired) electrons. The summed E-state index contributed by atoms with van der Waals surface area (Å²) in [5.41, 5.74) is 6.50. The molecule has 1 atom stereocenters. The van der Waals surface area contributed by atoms with Crippen molar-refractivity contribution in [2.45, 2.75) is 13.1 Å². The third kappa shape index (κ3) is 1.27. The third-order valence-electron chi connectivity index (χ3n) is 3.99. The minimum absolute atomic E-state index is 0.186. The smallest absolute Gasteiger partial charge is 0.112 e. The van der Waals surface area contributed by atoms with Gasteiger partial charge >= 0.3 is 12.0 Å². The summed E-state index contributed by atoms with van der Waals surface area (Å²) in [5, 5.41) is 0. The molecule has 2 aromatic rings. The van der Waals surface area contributed by atoms with Gasteiger partial charge in [-0.1, -0.05) is 34.9 Å². The zero-order valence-corrected chi connectivity index (χ0v) is 11.0. The number of rotatable bonds is 0. The first-order chi connectivity index (χ1) is 9.27. The van der Waals surface area contributed by atoms with E-state index < -0.39 is 0 Å². The molecule has 2 heteroatoms. The van der Waals surface area contributed by atoms with Gasteiger partial charge in [0.2, 0.25) is 5.69 Å². The molecule has 2 aliphatic heterocycles. The molecule has 0 aliphatic carbocycles. The molecule has 0 amide bonds. The Morgan fingerprint density at radius 2 is 1.74 bits per heavy atom. The summed E-state index contributed by atoms with van der Waals surface area (Å²) in [5.74, 6) is 6.42. The van der Waals surface area contributed by atoms with Gasteiger partial charge < -0.3 is 0 Å². The SMILES string of the molecule is Cc1cccc2c1C1[N+](C)=C=C=[N+]1c1ccccc1-2. The van der Waals surface area contributed by atoms with Gasteiger partial charge in [-0.15, -0.1) is 4.58 Å². The molecule has 0 aromatic heterocycles. The number of hydrogen-bond acceptors (Lipinski definition) is 0. The van der Waals surface area contributed by atoms with Crippen LogP contribution in [-0.4, -0.2) is 27.9 Å². The largest absolute Gasteiger partial charge is 0.393 e. The van der Waals surface area contributed by atoms with E-state index in [1.54, 1.807) is 0 Å². The Balaban J connectivity index is 2.18. The predicted molar refractivity (Wildman–Crippen MR) is 75.5 cm³/mol. The van der Waals surface area contributed by atoms with Crippen molar-refractivity contribution in [2.24, 2.45) is 0 Å². The van der Waals surface area contributed by atoms with Gasteiger partial charge in [0.05, 0.1) is 5.56 Å². The highest BCUT2D eigenvalue weighted by Gasteiger charge is 2.45. The lowest BCUT2D eigenvalue weighted by molar-refractivity contribution is -0.729. The summed E-state index contributed by atoms with van der Waals surface area (Å²) in [6.45, 7) is 2.18. The van der Waals surface area contributed by atoms with Crippen molar-refractivity contribution in [1.82, 2.24) is 0 Å². The van der Waals surface area contributed by atoms with Crippen LogP contribution in [0.15, 0.2) is 42.5 Å². The summed E-state index contributed by atoms with van der Waals surface area (Å²) < 4.78 is 4.28. The van der Waals surface area contributed by atoms with E-state index in [0.29, 0.717) is 0 Å². The molecule has 90 valence electrons. The second kappa shape index (κ2) is 3.55. The molecule has 0 fully saturated rings. The first kappa shape index (κ1) is 10.5. The lowest BCUT2D eigenvalue weighted by atomic mass is 9.89. The fourth-order valence-corrected chi connectivity index (χ4v) is 3.11. The number of fused-ring (bicyclic) bond motifs is 6. The van der Waals surface area contributed by atoms with Crippen LogP contribution >= 0.6 is 0 Å². The van der Waals surface area contributed by atoms with Crippen molar-refractivity contribution in [1.29, 1.82) is 0 Å². The predicted octanol–water partition coefficient (Wildman–Crippen LogP) is 2.87. The van der Waals surface area contributed by atoms with Gasteiger partial charge in [0.15, 0.2) is 7.05 Å². The first-order valence-corrected chi connectivity index (χ1v) is 6.49. The molecule has 0 N–H and O–H groups in total. The maximum Gasteiger partial charge on any atom is 0.393 e. The van der Waals surface area contributed by atoms with Gasteiger partial charge in [0.1, 0.15) is 5.56 Å². The Morgan fingerprint density at radius 1 is 0.947 bits per heavy atom. The lowest BCUT2D eigenvalue weighted by Crippen LogP contribution is -2.25. The molecule has 2 heterocycles. The van der Waals surface area contributed by atoms with Gasteiger partial charge in [-0.2, -0.15) is 0 Å². The van der Waals surface area contributed by atoms with Crippen LogP contribution < -0.4 is 0 Å². The van der Waals surface area contributed by atoms with Gasteiger partial charge in [0, 0.05) is 11.6 Å². The van der Waals surface area contributed by atoms with E-state index in [9.17, 15) is 0 Å². The monoisotopic (exact) mass is 246 g/mol. The van der Waals surface area contributed by atoms with Crippen molar-refractivity contribution in [3.8, 4) is 11.1 Å². The summed E-state index contributed by atoms with van der Waals surface area (Å²) >= 11 is 0. The van der Waals surface area contributed by atoms with Crippen LogP contribution in [0.3, 0.4) is 0 Å². The highest BCUT2D eigenvalue weighted by molar-refractivity contribution is 5.87. The molecule has 2 nitrogen and oxygen atoms in total. The van der Waals surface area contributed by atoms with E-state index in [-0.39, 0.29) is 6.17 Å². The van der Waals surface area contributed by atoms with Crippen molar-refractivity contribution >= 4 is 17.4 Å². The fraction of sp³-hybridized carbons (Fsp3) is 0.176. The van der Waals surface area contributed by atoms with E-state index in [2.05, 4.69) is 77.3 Å². The Kier molecular flexibility index (Phi) is 1.97. The Labute approximate surface area is 112 Å². The molecule has 0 saturated heterocycles. The van der Waals surface area contributed by atoms with Crippen LogP contribution in [0.5, 0.6) is 0 Å². The van der Waals surface area contributed by atoms with E-state index in [1.165, 1.54) is 27.9 Å². The van der Waals surface area contributed by atoms with Gasteiger partial charge in [0.25, 0.3) is 5.87 Å². The molecule has 0 spiro atoms. The van der Waals surface area contributed by atoms with Crippen LogP contribution in [0, 0.1) is 6.92 Å². The van der Waals surface area contributed by atoms with Crippen molar-refractivity contribution < 1.29 is 9.15 Å². The van der Waals surface area contributed by atoms with E-state index in [1.807, 2.05) is 0 Å². The van der Waals surface area contributed by atoms with Gasteiger partial charge in [-0.05, 0) is 18.6 Å². The number of nitrogens with zero attached hydrogens (tertiary/aromatic N) is 2. The molecule has 0 saturated carbocycles. The minimum atomic E-state index is 0.186. The van der Waals surface area contributed by atoms with Crippen molar-refractivity contribution in [3.63, 3.8) is 0 Å². The average molecular weight is 246 g/mol. The molecule has 4 rings (SSSR count). The zero-order chi connectivity index (χ0) is 13.0. The molecular weight excluding hydrogens is 232 g/mol. The number of benzene rings is 2. The lowest BCUT2D eigenvalue weighted by Gasteiger charge is -2.19. The molecule has 19 heavy (non-hydrogen) atoms. The van der Waals surface area contributed by atoms with Crippen molar-refractivity contribution in [2.75, 3.05) is 7.05 Å². The quantitative estimate of drug-likeness (QED) is 0.631. The summed E-state index contributed by atoms with van der Waals surface area (Å²) in [7, 11) is 2.06. The fourth-order valence-electron chi connectivity index (χ4n) is 3.11. The molecule has 2 aromatic carbocycles. The van der Waals surface area contributed by atoms with E-state index in [0.717, 1.165) is 0 Å². The zero-order valence-electron chi connectivity index (χ0n) is 11.0. The van der Waals surface area contributed by atoms with Crippen LogP contribution in [-0.2, 0) is 0 Å². The number of aryl methyl sites for hydroxylation is 1. The van der Waals surface area contributed by atoms with Gasteiger partial charge in [-0.3, -0.25) is 0 Å². The average Bonchev–Trinajstić information content (AvgIpc) is 2.82.